The van der Waals surface area contributed by atoms with Gasteiger partial charge in [-0.2, -0.15) is 0 Å². The first kappa shape index (κ1) is 6.73. The summed E-state index contributed by atoms with van der Waals surface area (Å²) < 4.78 is 0. The first-order valence-electron chi connectivity index (χ1n) is 4.03. The van der Waals surface area contributed by atoms with Crippen LogP contribution in [0, 0.1) is 5.92 Å². The van der Waals surface area contributed by atoms with Crippen molar-refractivity contribution in [2.45, 2.75) is 0 Å². The Morgan fingerprint density at radius 2 is 2.45 bits per heavy atom. The highest BCUT2D eigenvalue weighted by molar-refractivity contribution is 5.34. The van der Waals surface area contributed by atoms with Crippen molar-refractivity contribution in [1.82, 2.24) is 10.3 Å². The van der Waals surface area contributed by atoms with Gasteiger partial charge in [0.25, 0.3) is 0 Å². The zero-order valence-corrected chi connectivity index (χ0v) is 6.43. The van der Waals surface area contributed by atoms with E-state index >= 15 is 0 Å². The predicted molar refractivity (Wildman–Crippen MR) is 45.6 cm³/mol. The van der Waals surface area contributed by atoms with Crippen LogP contribution in [0.4, 0.5) is 5.82 Å². The lowest BCUT2D eigenvalue weighted by molar-refractivity contribution is 0.365. The zero-order valence-electron chi connectivity index (χ0n) is 6.43. The minimum absolute atomic E-state index is 0.818. The molecule has 0 spiro atoms. The van der Waals surface area contributed by atoms with E-state index < -0.39 is 0 Å². The Hall–Kier alpha value is -0.960. The van der Waals surface area contributed by atoms with E-state index in [-0.39, 0.29) is 0 Å². The summed E-state index contributed by atoms with van der Waals surface area (Å²) in [5, 5.41) is 6.57. The van der Waals surface area contributed by atoms with E-state index in [2.05, 4.69) is 15.6 Å². The fourth-order valence-corrected chi connectivity index (χ4v) is 1.19. The molecule has 0 aliphatic carbocycles. The Bertz CT molecular complexity index is 201. The van der Waals surface area contributed by atoms with Gasteiger partial charge in [0.05, 0.1) is 0 Å². The Kier molecular flexibility index (Phi) is 1.81. The number of hydrogen-bond donors (Lipinski definition) is 3. The van der Waals surface area contributed by atoms with Crippen LogP contribution >= 0.6 is 0 Å². The van der Waals surface area contributed by atoms with Crippen molar-refractivity contribution < 1.29 is 0 Å². The molecule has 1 saturated heterocycles. The number of aromatic amines is 1. The molecule has 0 radical (unpaired) electrons. The van der Waals surface area contributed by atoms with Gasteiger partial charge < -0.3 is 15.6 Å². The van der Waals surface area contributed by atoms with Crippen LogP contribution < -0.4 is 10.6 Å². The zero-order chi connectivity index (χ0) is 7.52. The van der Waals surface area contributed by atoms with Gasteiger partial charge in [-0.25, -0.2) is 0 Å². The minimum atomic E-state index is 0.818. The maximum Gasteiger partial charge on any atom is 0.103 e. The van der Waals surface area contributed by atoms with Crippen LogP contribution in [0.5, 0.6) is 0 Å². The van der Waals surface area contributed by atoms with Crippen molar-refractivity contribution in [3.63, 3.8) is 0 Å². The number of anilines is 1. The number of aromatic nitrogens is 1. The van der Waals surface area contributed by atoms with Crippen molar-refractivity contribution in [3.05, 3.63) is 18.3 Å². The second-order valence-corrected chi connectivity index (χ2v) is 2.99. The second-order valence-electron chi connectivity index (χ2n) is 2.99. The van der Waals surface area contributed by atoms with Crippen LogP contribution in [0.2, 0.25) is 0 Å². The average molecular weight is 151 g/mol. The van der Waals surface area contributed by atoms with Gasteiger partial charge in [-0.3, -0.25) is 0 Å². The quantitative estimate of drug-likeness (QED) is 0.593. The highest BCUT2D eigenvalue weighted by atomic mass is 15.0. The van der Waals surface area contributed by atoms with Crippen LogP contribution in [-0.2, 0) is 0 Å². The summed E-state index contributed by atoms with van der Waals surface area (Å²) in [6.07, 6.45) is 1.93. The van der Waals surface area contributed by atoms with Gasteiger partial charge in [0.2, 0.25) is 0 Å². The van der Waals surface area contributed by atoms with E-state index in [0.717, 1.165) is 31.4 Å². The topological polar surface area (TPSA) is 39.9 Å². The molecule has 1 aromatic heterocycles. The lowest BCUT2D eigenvalue weighted by Crippen LogP contribution is -2.45. The van der Waals surface area contributed by atoms with Crippen LogP contribution in [0.3, 0.4) is 0 Å². The van der Waals surface area contributed by atoms with Gasteiger partial charge in [-0.15, -0.1) is 0 Å². The SMILES string of the molecule is c1c[nH]c(NCC2CNC2)c1. The highest BCUT2D eigenvalue weighted by Gasteiger charge is 2.15. The van der Waals surface area contributed by atoms with Crippen molar-refractivity contribution in [2.24, 2.45) is 5.92 Å². The van der Waals surface area contributed by atoms with E-state index in [1.54, 1.807) is 0 Å². The Morgan fingerprint density at radius 3 is 3.00 bits per heavy atom. The molecule has 0 atom stereocenters. The van der Waals surface area contributed by atoms with E-state index in [4.69, 9.17) is 0 Å². The third kappa shape index (κ3) is 1.54. The van der Waals surface area contributed by atoms with Crippen LogP contribution in [-0.4, -0.2) is 24.6 Å². The molecule has 1 aliphatic rings. The summed E-state index contributed by atoms with van der Waals surface area (Å²) in [6, 6.07) is 4.05. The minimum Gasteiger partial charge on any atom is -0.371 e. The molecule has 11 heavy (non-hydrogen) atoms. The van der Waals surface area contributed by atoms with E-state index in [0.29, 0.717) is 0 Å². The first-order chi connectivity index (χ1) is 5.45. The highest BCUT2D eigenvalue weighted by Crippen LogP contribution is 2.06. The van der Waals surface area contributed by atoms with Crippen LogP contribution in [0.15, 0.2) is 18.3 Å². The maximum atomic E-state index is 3.33. The maximum absolute atomic E-state index is 3.33. The summed E-state index contributed by atoms with van der Waals surface area (Å²) in [5.74, 6) is 1.94. The number of nitrogens with one attached hydrogen (secondary N) is 3. The molecule has 3 N–H and O–H groups in total. The fourth-order valence-electron chi connectivity index (χ4n) is 1.19. The van der Waals surface area contributed by atoms with Gasteiger partial charge >= 0.3 is 0 Å². The van der Waals surface area contributed by atoms with Gasteiger partial charge in [-0.05, 0) is 12.1 Å². The normalized spacial score (nSPS) is 17.8. The molecular formula is C8H13N3. The molecule has 1 fully saturated rings. The molecular weight excluding hydrogens is 138 g/mol. The average Bonchev–Trinajstić information content (AvgIpc) is 2.36. The lowest BCUT2D eigenvalue weighted by Gasteiger charge is -2.27. The summed E-state index contributed by atoms with van der Waals surface area (Å²) >= 11 is 0. The molecule has 2 rings (SSSR count). The summed E-state index contributed by atoms with van der Waals surface area (Å²) in [6.45, 7) is 3.40. The van der Waals surface area contributed by atoms with Crippen molar-refractivity contribution in [1.29, 1.82) is 0 Å². The van der Waals surface area contributed by atoms with Gasteiger partial charge in [0.1, 0.15) is 5.82 Å². The van der Waals surface area contributed by atoms with Crippen LogP contribution in [0.25, 0.3) is 0 Å². The molecule has 0 unspecified atom stereocenters. The van der Waals surface area contributed by atoms with Crippen LogP contribution in [0.1, 0.15) is 0 Å². The Morgan fingerprint density at radius 1 is 1.55 bits per heavy atom. The van der Waals surface area contributed by atoms with Crippen molar-refractivity contribution >= 4 is 5.82 Å². The number of H-pyrrole nitrogens is 1. The van der Waals surface area contributed by atoms with Gasteiger partial charge in [-0.1, -0.05) is 0 Å². The molecule has 3 nitrogen and oxygen atoms in total. The third-order valence-electron chi connectivity index (χ3n) is 2.05. The monoisotopic (exact) mass is 151 g/mol. The molecule has 0 bridgehead atoms. The first-order valence-corrected chi connectivity index (χ1v) is 4.03. The molecule has 60 valence electrons. The molecule has 3 heteroatoms. The predicted octanol–water partition coefficient (Wildman–Crippen LogP) is 0.646. The number of hydrogen-bond acceptors (Lipinski definition) is 2. The molecule has 0 saturated carbocycles. The summed E-state index contributed by atoms with van der Waals surface area (Å²) in [5.41, 5.74) is 0. The standard InChI is InChI=1S/C8H13N3/c1-2-8(10-3-1)11-6-7-4-9-5-7/h1-3,7,9-11H,4-6H2. The fraction of sp³-hybridized carbons (Fsp3) is 0.500. The summed E-state index contributed by atoms with van der Waals surface area (Å²) in [4.78, 5) is 3.11. The molecule has 0 amide bonds. The van der Waals surface area contributed by atoms with E-state index in [1.807, 2.05) is 18.3 Å². The molecule has 0 aromatic carbocycles. The van der Waals surface area contributed by atoms with Crippen molar-refractivity contribution in [2.75, 3.05) is 25.0 Å². The Labute approximate surface area is 66.2 Å². The van der Waals surface area contributed by atoms with Gasteiger partial charge in [0, 0.05) is 31.7 Å². The lowest BCUT2D eigenvalue weighted by atomic mass is 10.0. The Balaban J connectivity index is 1.74. The van der Waals surface area contributed by atoms with E-state index in [9.17, 15) is 0 Å². The molecule has 1 aromatic rings. The smallest absolute Gasteiger partial charge is 0.103 e. The largest absolute Gasteiger partial charge is 0.371 e. The number of rotatable bonds is 3. The molecule has 2 heterocycles. The van der Waals surface area contributed by atoms with Gasteiger partial charge in [0.15, 0.2) is 0 Å². The second kappa shape index (κ2) is 2.96. The van der Waals surface area contributed by atoms with Crippen molar-refractivity contribution in [3.8, 4) is 0 Å². The van der Waals surface area contributed by atoms with E-state index in [1.165, 1.54) is 0 Å². The molecule has 1 aliphatic heterocycles. The summed E-state index contributed by atoms with van der Waals surface area (Å²) in [7, 11) is 0. The third-order valence-corrected chi connectivity index (χ3v) is 2.05.